The molecule has 3 fully saturated rings. The summed E-state index contributed by atoms with van der Waals surface area (Å²) in [5, 5.41) is 11.1. The number of aliphatic hydroxyl groups is 1. The number of carbonyl (C=O) groups is 1. The van der Waals surface area contributed by atoms with Gasteiger partial charge in [-0.3, -0.25) is 9.78 Å². The second-order valence-corrected chi connectivity index (χ2v) is 11.5. The van der Waals surface area contributed by atoms with Gasteiger partial charge < -0.3 is 14.9 Å². The van der Waals surface area contributed by atoms with E-state index in [0.717, 1.165) is 75.0 Å². The Morgan fingerprint density at radius 2 is 1.76 bits per heavy atom. The number of likely N-dealkylation sites (tertiary alicyclic amines) is 1. The van der Waals surface area contributed by atoms with Crippen LogP contribution in [0.25, 0.3) is 0 Å². The zero-order chi connectivity index (χ0) is 26.9. The predicted octanol–water partition coefficient (Wildman–Crippen LogP) is 5.34. The first kappa shape index (κ1) is 26.9. The molecule has 2 aliphatic heterocycles. The number of halogens is 3. The van der Waals surface area contributed by atoms with Crippen LogP contribution in [0.4, 0.5) is 19.0 Å². The molecule has 1 atom stereocenters. The molecule has 5 rings (SSSR count). The fraction of sp³-hybridized carbons (Fsp3) is 0.621. The lowest BCUT2D eigenvalue weighted by molar-refractivity contribution is -0.137. The van der Waals surface area contributed by atoms with Crippen LogP contribution in [0.5, 0.6) is 0 Å². The van der Waals surface area contributed by atoms with Gasteiger partial charge in [0.25, 0.3) is 0 Å². The largest absolute Gasteiger partial charge is 0.416 e. The Bertz CT molecular complexity index is 1110. The van der Waals surface area contributed by atoms with Crippen molar-refractivity contribution < 1.29 is 23.1 Å². The van der Waals surface area contributed by atoms with Crippen molar-refractivity contribution >= 4 is 11.7 Å². The number of pyridine rings is 2. The monoisotopic (exact) mass is 530 g/mol. The first-order valence-corrected chi connectivity index (χ1v) is 13.8. The van der Waals surface area contributed by atoms with E-state index in [1.165, 1.54) is 6.20 Å². The van der Waals surface area contributed by atoms with Crippen LogP contribution >= 0.6 is 0 Å². The van der Waals surface area contributed by atoms with Crippen molar-refractivity contribution in [3.05, 3.63) is 53.5 Å². The van der Waals surface area contributed by atoms with Crippen molar-refractivity contribution in [3.63, 3.8) is 0 Å². The molecule has 6 nitrogen and oxygen atoms in total. The number of nitrogens with zero attached hydrogens (tertiary/aromatic N) is 4. The molecule has 0 aromatic carbocycles. The standard InChI is InChI=1S/C29H37F3N4O2/c1-20-2-3-25(34-18-20)28(38)10-4-21(5-11-28)16-22-7-13-36(19-22)27(37)23-8-14-35(15-9-23)26-17-24(6-12-33-26)29(30,31)32/h2-3,6,12,17-18,21-23,38H,4-5,7-11,13-16,19H2,1H3. The summed E-state index contributed by atoms with van der Waals surface area (Å²) < 4.78 is 39.2. The van der Waals surface area contributed by atoms with Gasteiger partial charge in [0.15, 0.2) is 0 Å². The molecule has 2 aromatic rings. The molecule has 1 amide bonds. The third-order valence-corrected chi connectivity index (χ3v) is 8.83. The third-order valence-electron chi connectivity index (χ3n) is 8.83. The molecule has 0 spiro atoms. The van der Waals surface area contributed by atoms with Crippen molar-refractivity contribution in [3.8, 4) is 0 Å². The highest BCUT2D eigenvalue weighted by molar-refractivity contribution is 5.79. The molecule has 206 valence electrons. The number of alkyl halides is 3. The van der Waals surface area contributed by atoms with Crippen molar-refractivity contribution in [2.45, 2.75) is 70.1 Å². The van der Waals surface area contributed by atoms with E-state index in [4.69, 9.17) is 0 Å². The molecule has 0 radical (unpaired) electrons. The summed E-state index contributed by atoms with van der Waals surface area (Å²) in [5.41, 5.74) is 0.331. The lowest BCUT2D eigenvalue weighted by atomic mass is 9.74. The smallest absolute Gasteiger partial charge is 0.384 e. The van der Waals surface area contributed by atoms with Gasteiger partial charge >= 0.3 is 6.18 Å². The Morgan fingerprint density at radius 3 is 2.42 bits per heavy atom. The van der Waals surface area contributed by atoms with Crippen LogP contribution in [0, 0.1) is 24.7 Å². The minimum absolute atomic E-state index is 0.0810. The summed E-state index contributed by atoms with van der Waals surface area (Å²) in [6.45, 7) is 4.62. The highest BCUT2D eigenvalue weighted by Crippen LogP contribution is 2.42. The van der Waals surface area contributed by atoms with E-state index < -0.39 is 17.3 Å². The van der Waals surface area contributed by atoms with Crippen LogP contribution < -0.4 is 4.90 Å². The van der Waals surface area contributed by atoms with Gasteiger partial charge in [-0.2, -0.15) is 13.2 Å². The first-order chi connectivity index (χ1) is 18.1. The number of hydrogen-bond acceptors (Lipinski definition) is 5. The van der Waals surface area contributed by atoms with Crippen LogP contribution in [0.1, 0.15) is 68.2 Å². The lowest BCUT2D eigenvalue weighted by Crippen LogP contribution is -2.42. The maximum Gasteiger partial charge on any atom is 0.416 e. The zero-order valence-corrected chi connectivity index (χ0v) is 22.0. The maximum absolute atomic E-state index is 13.2. The summed E-state index contributed by atoms with van der Waals surface area (Å²) in [6.07, 6.45) is 5.37. The molecule has 4 heterocycles. The predicted molar refractivity (Wildman–Crippen MR) is 138 cm³/mol. The summed E-state index contributed by atoms with van der Waals surface area (Å²) in [6, 6.07) is 6.02. The van der Waals surface area contributed by atoms with Crippen molar-refractivity contribution in [1.29, 1.82) is 0 Å². The van der Waals surface area contributed by atoms with E-state index in [1.807, 2.05) is 35.1 Å². The molecule has 1 saturated carbocycles. The number of aryl methyl sites for hydroxylation is 1. The van der Waals surface area contributed by atoms with Gasteiger partial charge in [-0.05, 0) is 93.9 Å². The average molecular weight is 531 g/mol. The average Bonchev–Trinajstić information content (AvgIpc) is 3.38. The Morgan fingerprint density at radius 1 is 1.03 bits per heavy atom. The number of amides is 1. The van der Waals surface area contributed by atoms with Gasteiger partial charge in [-0.1, -0.05) is 6.07 Å². The van der Waals surface area contributed by atoms with E-state index >= 15 is 0 Å². The highest BCUT2D eigenvalue weighted by atomic mass is 19.4. The quantitative estimate of drug-likeness (QED) is 0.566. The Hall–Kier alpha value is -2.68. The fourth-order valence-corrected chi connectivity index (χ4v) is 6.47. The van der Waals surface area contributed by atoms with Gasteiger partial charge in [0.05, 0.1) is 11.3 Å². The molecule has 1 aliphatic carbocycles. The topological polar surface area (TPSA) is 69.6 Å². The number of rotatable bonds is 5. The normalized spacial score (nSPS) is 27.1. The summed E-state index contributed by atoms with van der Waals surface area (Å²) in [7, 11) is 0. The van der Waals surface area contributed by atoms with Gasteiger partial charge in [-0.25, -0.2) is 4.98 Å². The van der Waals surface area contributed by atoms with Crippen molar-refractivity contribution in [2.24, 2.45) is 17.8 Å². The van der Waals surface area contributed by atoms with Gasteiger partial charge in [0.2, 0.25) is 5.91 Å². The van der Waals surface area contributed by atoms with E-state index in [0.29, 0.717) is 43.6 Å². The SMILES string of the molecule is Cc1ccc(C2(O)CCC(CC3CCN(C(=O)C4CCN(c5cc(C(F)(F)F)ccn5)CC4)C3)CC2)nc1. The number of anilines is 1. The number of hydrogen-bond donors (Lipinski definition) is 1. The lowest BCUT2D eigenvalue weighted by Gasteiger charge is -2.36. The zero-order valence-electron chi connectivity index (χ0n) is 22.0. The molecule has 2 saturated heterocycles. The summed E-state index contributed by atoms with van der Waals surface area (Å²) >= 11 is 0. The number of aromatic nitrogens is 2. The van der Waals surface area contributed by atoms with Crippen LogP contribution in [-0.2, 0) is 16.6 Å². The Labute approximate surface area is 222 Å². The summed E-state index contributed by atoms with van der Waals surface area (Å²) in [5.74, 6) is 1.48. The molecule has 0 bridgehead atoms. The molecule has 1 N–H and O–H groups in total. The van der Waals surface area contributed by atoms with Crippen LogP contribution in [-0.4, -0.2) is 52.1 Å². The van der Waals surface area contributed by atoms with E-state index in [9.17, 15) is 23.1 Å². The van der Waals surface area contributed by atoms with Crippen LogP contribution in [0.3, 0.4) is 0 Å². The first-order valence-electron chi connectivity index (χ1n) is 13.8. The van der Waals surface area contributed by atoms with Crippen molar-refractivity contribution in [1.82, 2.24) is 14.9 Å². The van der Waals surface area contributed by atoms with Gasteiger partial charge in [0, 0.05) is 44.5 Å². The molecule has 38 heavy (non-hydrogen) atoms. The number of piperidine rings is 1. The molecule has 2 aromatic heterocycles. The molecule has 1 unspecified atom stereocenters. The molecular weight excluding hydrogens is 493 g/mol. The Balaban J connectivity index is 1.07. The number of carbonyl (C=O) groups excluding carboxylic acids is 1. The Kier molecular flexibility index (Phi) is 7.67. The summed E-state index contributed by atoms with van der Waals surface area (Å²) in [4.78, 5) is 25.7. The van der Waals surface area contributed by atoms with Crippen molar-refractivity contribution in [2.75, 3.05) is 31.1 Å². The van der Waals surface area contributed by atoms with E-state index in [2.05, 4.69) is 9.97 Å². The van der Waals surface area contributed by atoms with Crippen LogP contribution in [0.2, 0.25) is 0 Å². The van der Waals surface area contributed by atoms with E-state index in [-0.39, 0.29) is 11.8 Å². The maximum atomic E-state index is 13.2. The third kappa shape index (κ3) is 5.98. The highest BCUT2D eigenvalue weighted by Gasteiger charge is 2.39. The molecule has 9 heteroatoms. The second kappa shape index (κ2) is 10.8. The van der Waals surface area contributed by atoms with Gasteiger partial charge in [-0.15, -0.1) is 0 Å². The minimum atomic E-state index is -4.39. The molecular formula is C29H37F3N4O2. The van der Waals surface area contributed by atoms with Gasteiger partial charge in [0.1, 0.15) is 11.4 Å². The fourth-order valence-electron chi connectivity index (χ4n) is 6.47. The minimum Gasteiger partial charge on any atom is -0.384 e. The molecule has 3 aliphatic rings. The van der Waals surface area contributed by atoms with Crippen LogP contribution in [0.15, 0.2) is 36.7 Å². The van der Waals surface area contributed by atoms with E-state index in [1.54, 1.807) is 0 Å². The second-order valence-electron chi connectivity index (χ2n) is 11.5.